The summed E-state index contributed by atoms with van der Waals surface area (Å²) in [4.78, 5) is 11.7. The zero-order valence-electron chi connectivity index (χ0n) is 11.6. The molecule has 0 aliphatic heterocycles. The summed E-state index contributed by atoms with van der Waals surface area (Å²) in [6.45, 7) is 4.03. The minimum absolute atomic E-state index is 0.0387. The fraction of sp³-hybridized carbons (Fsp3) is 0.500. The third-order valence-corrected chi connectivity index (χ3v) is 4.08. The molecule has 0 aliphatic rings. The van der Waals surface area contributed by atoms with E-state index in [1.165, 1.54) is 0 Å². The predicted octanol–water partition coefficient (Wildman–Crippen LogP) is 2.45. The van der Waals surface area contributed by atoms with E-state index >= 15 is 0 Å². The molecule has 19 heavy (non-hydrogen) atoms. The highest BCUT2D eigenvalue weighted by molar-refractivity contribution is 7.85. The maximum absolute atomic E-state index is 11.7. The van der Waals surface area contributed by atoms with E-state index in [-0.39, 0.29) is 11.7 Å². The number of carbonyl (C=O) groups is 1. The fourth-order valence-corrected chi connectivity index (χ4v) is 2.75. The zero-order valence-corrected chi connectivity index (χ0v) is 12.4. The SMILES string of the molecule is CCCCCS(=O)CC(=O)Nc1ccc(C)cc1N. The van der Waals surface area contributed by atoms with Gasteiger partial charge in [0.25, 0.3) is 0 Å². The molecular weight excluding hydrogens is 260 g/mol. The van der Waals surface area contributed by atoms with Crippen LogP contribution in [0, 0.1) is 6.92 Å². The first-order valence-electron chi connectivity index (χ1n) is 6.54. The van der Waals surface area contributed by atoms with Crippen molar-refractivity contribution < 1.29 is 9.00 Å². The summed E-state index contributed by atoms with van der Waals surface area (Å²) >= 11 is 0. The van der Waals surface area contributed by atoms with E-state index in [1.807, 2.05) is 13.0 Å². The second-order valence-electron chi connectivity index (χ2n) is 4.63. The molecule has 0 fully saturated rings. The van der Waals surface area contributed by atoms with Crippen molar-refractivity contribution in [3.8, 4) is 0 Å². The molecule has 0 saturated carbocycles. The van der Waals surface area contributed by atoms with Crippen LogP contribution in [0.25, 0.3) is 0 Å². The Labute approximate surface area is 117 Å². The largest absolute Gasteiger partial charge is 0.397 e. The van der Waals surface area contributed by atoms with Crippen molar-refractivity contribution in [1.82, 2.24) is 0 Å². The first-order valence-corrected chi connectivity index (χ1v) is 8.02. The van der Waals surface area contributed by atoms with Gasteiger partial charge in [0, 0.05) is 16.6 Å². The summed E-state index contributed by atoms with van der Waals surface area (Å²) in [5, 5.41) is 2.70. The molecule has 0 aliphatic carbocycles. The Morgan fingerprint density at radius 2 is 2.11 bits per heavy atom. The summed E-state index contributed by atoms with van der Waals surface area (Å²) < 4.78 is 11.7. The van der Waals surface area contributed by atoms with Gasteiger partial charge in [-0.1, -0.05) is 25.8 Å². The first kappa shape index (κ1) is 15.7. The van der Waals surface area contributed by atoms with Gasteiger partial charge in [-0.3, -0.25) is 9.00 Å². The van der Waals surface area contributed by atoms with Gasteiger partial charge in [0.15, 0.2) is 0 Å². The van der Waals surface area contributed by atoms with E-state index < -0.39 is 10.8 Å². The normalized spacial score (nSPS) is 12.1. The molecule has 3 N–H and O–H groups in total. The number of unbranched alkanes of at least 4 members (excludes halogenated alkanes) is 2. The lowest BCUT2D eigenvalue weighted by Crippen LogP contribution is -2.21. The van der Waals surface area contributed by atoms with Gasteiger partial charge >= 0.3 is 0 Å². The molecule has 0 spiro atoms. The predicted molar refractivity (Wildman–Crippen MR) is 81.6 cm³/mol. The molecule has 1 atom stereocenters. The van der Waals surface area contributed by atoms with Gasteiger partial charge in [-0.15, -0.1) is 0 Å². The van der Waals surface area contributed by atoms with Gasteiger partial charge in [0.05, 0.1) is 11.4 Å². The minimum Gasteiger partial charge on any atom is -0.397 e. The van der Waals surface area contributed by atoms with Gasteiger partial charge in [-0.2, -0.15) is 0 Å². The molecule has 4 nitrogen and oxygen atoms in total. The molecule has 1 aromatic rings. The van der Waals surface area contributed by atoms with Gasteiger partial charge in [0.1, 0.15) is 5.75 Å². The van der Waals surface area contributed by atoms with Crippen LogP contribution in [0.4, 0.5) is 11.4 Å². The van der Waals surface area contributed by atoms with Crippen molar-refractivity contribution in [2.75, 3.05) is 22.6 Å². The third-order valence-electron chi connectivity index (χ3n) is 2.75. The van der Waals surface area contributed by atoms with Gasteiger partial charge in [-0.05, 0) is 31.0 Å². The number of nitrogens with one attached hydrogen (secondary N) is 1. The lowest BCUT2D eigenvalue weighted by Gasteiger charge is -2.08. The number of benzene rings is 1. The number of rotatable bonds is 7. The Kier molecular flexibility index (Phi) is 6.56. The fourth-order valence-electron chi connectivity index (χ4n) is 1.71. The highest BCUT2D eigenvalue weighted by Crippen LogP contribution is 2.19. The van der Waals surface area contributed by atoms with Crippen molar-refractivity contribution in [2.24, 2.45) is 0 Å². The third kappa shape index (κ3) is 5.87. The summed E-state index contributed by atoms with van der Waals surface area (Å²) in [7, 11) is -1.09. The van der Waals surface area contributed by atoms with Crippen LogP contribution >= 0.6 is 0 Å². The topological polar surface area (TPSA) is 72.2 Å². The molecule has 0 saturated heterocycles. The summed E-state index contributed by atoms with van der Waals surface area (Å²) in [6, 6.07) is 5.45. The van der Waals surface area contributed by atoms with Crippen LogP contribution in [0.15, 0.2) is 18.2 Å². The van der Waals surface area contributed by atoms with E-state index in [0.29, 0.717) is 17.1 Å². The first-order chi connectivity index (χ1) is 9.02. The lowest BCUT2D eigenvalue weighted by molar-refractivity contribution is -0.113. The Morgan fingerprint density at radius 1 is 1.37 bits per heavy atom. The van der Waals surface area contributed by atoms with Gasteiger partial charge < -0.3 is 11.1 Å². The minimum atomic E-state index is -1.09. The number of nitrogens with two attached hydrogens (primary N) is 1. The van der Waals surface area contributed by atoms with Crippen molar-refractivity contribution in [1.29, 1.82) is 0 Å². The van der Waals surface area contributed by atoms with Gasteiger partial charge in [0.2, 0.25) is 5.91 Å². The van der Waals surface area contributed by atoms with Crippen LogP contribution in [-0.4, -0.2) is 21.6 Å². The summed E-state index contributed by atoms with van der Waals surface area (Å²) in [6.07, 6.45) is 3.05. The monoisotopic (exact) mass is 282 g/mol. The second-order valence-corrected chi connectivity index (χ2v) is 6.21. The number of anilines is 2. The highest BCUT2D eigenvalue weighted by atomic mass is 32.2. The average Bonchev–Trinajstić information content (AvgIpc) is 2.33. The maximum Gasteiger partial charge on any atom is 0.237 e. The molecule has 0 bridgehead atoms. The quantitative estimate of drug-likeness (QED) is 0.596. The lowest BCUT2D eigenvalue weighted by atomic mass is 10.2. The summed E-state index contributed by atoms with van der Waals surface area (Å²) in [5.41, 5.74) is 7.97. The van der Waals surface area contributed by atoms with E-state index in [2.05, 4.69) is 12.2 Å². The molecule has 1 amide bonds. The Morgan fingerprint density at radius 3 is 2.74 bits per heavy atom. The summed E-state index contributed by atoms with van der Waals surface area (Å²) in [5.74, 6) is 0.382. The highest BCUT2D eigenvalue weighted by Gasteiger charge is 2.09. The van der Waals surface area contributed by atoms with Crippen LogP contribution in [0.2, 0.25) is 0 Å². The van der Waals surface area contributed by atoms with Crippen LogP contribution in [0.1, 0.15) is 31.7 Å². The van der Waals surface area contributed by atoms with E-state index in [4.69, 9.17) is 5.73 Å². The van der Waals surface area contributed by atoms with E-state index in [9.17, 15) is 9.00 Å². The number of carbonyl (C=O) groups excluding carboxylic acids is 1. The Bertz CT molecular complexity index is 461. The van der Waals surface area contributed by atoms with Crippen molar-refractivity contribution >= 4 is 28.1 Å². The van der Waals surface area contributed by atoms with Crippen molar-refractivity contribution in [3.63, 3.8) is 0 Å². The number of nitrogen functional groups attached to an aromatic ring is 1. The standard InChI is InChI=1S/C14H22N2O2S/c1-3-4-5-8-19(18)10-14(17)16-13-7-6-11(2)9-12(13)15/h6-7,9H,3-5,8,10,15H2,1-2H3,(H,16,17). The maximum atomic E-state index is 11.7. The number of hydrogen-bond acceptors (Lipinski definition) is 3. The second kappa shape index (κ2) is 7.94. The molecule has 5 heteroatoms. The molecule has 1 unspecified atom stereocenters. The number of hydrogen-bond donors (Lipinski definition) is 2. The molecule has 0 radical (unpaired) electrons. The average molecular weight is 282 g/mol. The molecule has 1 rings (SSSR count). The van der Waals surface area contributed by atoms with Crippen molar-refractivity contribution in [2.45, 2.75) is 33.1 Å². The van der Waals surface area contributed by atoms with E-state index in [1.54, 1.807) is 12.1 Å². The Hall–Kier alpha value is -1.36. The Balaban J connectivity index is 2.44. The van der Waals surface area contributed by atoms with Crippen LogP contribution in [0.5, 0.6) is 0 Å². The molecule has 0 aromatic heterocycles. The molecule has 1 aromatic carbocycles. The number of aryl methyl sites for hydroxylation is 1. The molecule has 0 heterocycles. The van der Waals surface area contributed by atoms with Crippen LogP contribution < -0.4 is 11.1 Å². The van der Waals surface area contributed by atoms with E-state index in [0.717, 1.165) is 24.8 Å². The van der Waals surface area contributed by atoms with Crippen LogP contribution in [-0.2, 0) is 15.6 Å². The smallest absolute Gasteiger partial charge is 0.237 e. The van der Waals surface area contributed by atoms with Crippen molar-refractivity contribution in [3.05, 3.63) is 23.8 Å². The molecular formula is C14H22N2O2S. The van der Waals surface area contributed by atoms with Gasteiger partial charge in [-0.25, -0.2) is 0 Å². The molecule has 106 valence electrons. The zero-order chi connectivity index (χ0) is 14.3. The van der Waals surface area contributed by atoms with Crippen LogP contribution in [0.3, 0.4) is 0 Å². The number of amides is 1.